The molecule has 1 atom stereocenters. The summed E-state index contributed by atoms with van der Waals surface area (Å²) in [7, 11) is 0. The molecule has 0 saturated carbocycles. The highest BCUT2D eigenvalue weighted by Crippen LogP contribution is 2.41. The van der Waals surface area contributed by atoms with Crippen LogP contribution in [0.5, 0.6) is 5.75 Å². The number of rotatable bonds is 4. The Morgan fingerprint density at radius 2 is 2.03 bits per heavy atom. The Labute approximate surface area is 179 Å². The third kappa shape index (κ3) is 4.14. The average molecular weight is 433 g/mol. The SMILES string of the molecule is NC(=O)C1CCCN(c2ncc(O)c3c2C=CCN3Cc2cc(Cl)cc(Cl)c2)C1. The first-order valence-corrected chi connectivity index (χ1v) is 10.3. The first-order valence-electron chi connectivity index (χ1n) is 9.55. The van der Waals surface area contributed by atoms with Gasteiger partial charge in [-0.15, -0.1) is 0 Å². The molecule has 1 fully saturated rings. The normalized spacial score (nSPS) is 18.6. The fourth-order valence-corrected chi connectivity index (χ4v) is 4.66. The van der Waals surface area contributed by atoms with Crippen LogP contribution in [0.1, 0.15) is 24.0 Å². The lowest BCUT2D eigenvalue weighted by Crippen LogP contribution is -2.42. The number of nitrogens with zero attached hydrogens (tertiary/aromatic N) is 3. The molecule has 29 heavy (non-hydrogen) atoms. The van der Waals surface area contributed by atoms with Crippen molar-refractivity contribution in [2.24, 2.45) is 11.7 Å². The van der Waals surface area contributed by atoms with E-state index in [0.717, 1.165) is 42.0 Å². The molecule has 2 aliphatic rings. The van der Waals surface area contributed by atoms with Gasteiger partial charge in [-0.25, -0.2) is 4.98 Å². The molecule has 3 heterocycles. The lowest BCUT2D eigenvalue weighted by Gasteiger charge is -2.36. The predicted molar refractivity (Wildman–Crippen MR) is 117 cm³/mol. The second-order valence-corrected chi connectivity index (χ2v) is 8.35. The Balaban J connectivity index is 1.68. The summed E-state index contributed by atoms with van der Waals surface area (Å²) in [4.78, 5) is 20.3. The van der Waals surface area contributed by atoms with E-state index in [1.54, 1.807) is 6.07 Å². The molecule has 2 aliphatic heterocycles. The number of hydrogen-bond donors (Lipinski definition) is 2. The quantitative estimate of drug-likeness (QED) is 0.766. The van der Waals surface area contributed by atoms with E-state index in [0.29, 0.717) is 29.7 Å². The van der Waals surface area contributed by atoms with Gasteiger partial charge in [-0.2, -0.15) is 0 Å². The van der Waals surface area contributed by atoms with Crippen LogP contribution in [0.3, 0.4) is 0 Å². The summed E-state index contributed by atoms with van der Waals surface area (Å²) in [5.74, 6) is 0.406. The number of hydrogen-bond acceptors (Lipinski definition) is 5. The Morgan fingerprint density at radius 1 is 1.28 bits per heavy atom. The number of nitrogens with two attached hydrogens (primary N) is 1. The van der Waals surface area contributed by atoms with Crippen LogP contribution in [-0.4, -0.2) is 35.6 Å². The maximum atomic E-state index is 11.7. The molecule has 2 aromatic rings. The van der Waals surface area contributed by atoms with Gasteiger partial charge in [0.15, 0.2) is 5.75 Å². The molecule has 1 amide bonds. The standard InChI is InChI=1S/C21H22Cl2N4O2/c22-15-7-13(8-16(23)9-15)11-26-5-2-4-17-19(26)18(28)10-25-21(17)27-6-1-3-14(12-27)20(24)29/h2,4,7-10,14,28H,1,3,5-6,11-12H2,(H2,24,29). The highest BCUT2D eigenvalue weighted by molar-refractivity contribution is 6.34. The third-order valence-corrected chi connectivity index (χ3v) is 5.83. The van der Waals surface area contributed by atoms with Gasteiger partial charge in [-0.3, -0.25) is 4.79 Å². The number of anilines is 2. The molecule has 152 valence electrons. The number of halogens is 2. The zero-order valence-corrected chi connectivity index (χ0v) is 17.3. The fraction of sp³-hybridized carbons (Fsp3) is 0.333. The van der Waals surface area contributed by atoms with Crippen molar-refractivity contribution in [2.45, 2.75) is 19.4 Å². The molecule has 8 heteroatoms. The van der Waals surface area contributed by atoms with Crippen LogP contribution in [0.2, 0.25) is 10.0 Å². The Morgan fingerprint density at radius 3 is 2.76 bits per heavy atom. The molecule has 3 N–H and O–H groups in total. The van der Waals surface area contributed by atoms with E-state index in [4.69, 9.17) is 28.9 Å². The molecular formula is C21H22Cl2N4O2. The van der Waals surface area contributed by atoms with Gasteiger partial charge < -0.3 is 20.6 Å². The van der Waals surface area contributed by atoms with Gasteiger partial charge in [0.2, 0.25) is 5.91 Å². The summed E-state index contributed by atoms with van der Waals surface area (Å²) in [6, 6.07) is 5.43. The summed E-state index contributed by atoms with van der Waals surface area (Å²) in [6.07, 6.45) is 7.16. The van der Waals surface area contributed by atoms with E-state index in [1.165, 1.54) is 6.20 Å². The smallest absolute Gasteiger partial charge is 0.222 e. The van der Waals surface area contributed by atoms with Gasteiger partial charge in [-0.1, -0.05) is 35.4 Å². The van der Waals surface area contributed by atoms with Crippen LogP contribution >= 0.6 is 23.2 Å². The maximum absolute atomic E-state index is 11.7. The molecule has 1 aromatic heterocycles. The van der Waals surface area contributed by atoms with Crippen LogP contribution in [0.4, 0.5) is 11.5 Å². The second kappa shape index (κ2) is 8.13. The van der Waals surface area contributed by atoms with E-state index in [1.807, 2.05) is 24.3 Å². The zero-order chi connectivity index (χ0) is 20.5. The average Bonchev–Trinajstić information content (AvgIpc) is 2.67. The van der Waals surface area contributed by atoms with E-state index < -0.39 is 0 Å². The molecule has 6 nitrogen and oxygen atoms in total. The molecule has 0 spiro atoms. The van der Waals surface area contributed by atoms with Crippen molar-refractivity contribution in [3.63, 3.8) is 0 Å². The van der Waals surface area contributed by atoms with Gasteiger partial charge in [0, 0.05) is 41.8 Å². The predicted octanol–water partition coefficient (Wildman–Crippen LogP) is 3.83. The van der Waals surface area contributed by atoms with E-state index in [2.05, 4.69) is 14.8 Å². The van der Waals surface area contributed by atoms with Crippen LogP contribution in [0, 0.1) is 5.92 Å². The van der Waals surface area contributed by atoms with E-state index in [9.17, 15) is 9.90 Å². The molecule has 1 aromatic carbocycles. The number of fused-ring (bicyclic) bond motifs is 1. The van der Waals surface area contributed by atoms with Crippen molar-refractivity contribution in [1.82, 2.24) is 4.98 Å². The number of aromatic nitrogens is 1. The van der Waals surface area contributed by atoms with Crippen molar-refractivity contribution >= 4 is 46.7 Å². The van der Waals surface area contributed by atoms with Crippen molar-refractivity contribution in [2.75, 3.05) is 29.4 Å². The molecule has 0 aliphatic carbocycles. The highest BCUT2D eigenvalue weighted by Gasteiger charge is 2.29. The molecule has 4 rings (SSSR count). The van der Waals surface area contributed by atoms with Crippen LogP contribution < -0.4 is 15.5 Å². The van der Waals surface area contributed by atoms with Crippen molar-refractivity contribution < 1.29 is 9.90 Å². The topological polar surface area (TPSA) is 82.7 Å². The minimum absolute atomic E-state index is 0.115. The molecular weight excluding hydrogens is 411 g/mol. The van der Waals surface area contributed by atoms with E-state index in [-0.39, 0.29) is 17.6 Å². The maximum Gasteiger partial charge on any atom is 0.222 e. The van der Waals surface area contributed by atoms with Gasteiger partial charge in [0.1, 0.15) is 5.82 Å². The van der Waals surface area contributed by atoms with Crippen LogP contribution in [-0.2, 0) is 11.3 Å². The number of amides is 1. The number of primary amides is 1. The number of carbonyl (C=O) groups excluding carboxylic acids is 1. The fourth-order valence-electron chi connectivity index (χ4n) is 4.09. The van der Waals surface area contributed by atoms with Crippen molar-refractivity contribution in [3.05, 3.63) is 51.6 Å². The first-order chi connectivity index (χ1) is 13.9. The minimum Gasteiger partial charge on any atom is -0.504 e. The lowest BCUT2D eigenvalue weighted by atomic mass is 9.96. The second-order valence-electron chi connectivity index (χ2n) is 7.48. The Bertz CT molecular complexity index is 959. The van der Waals surface area contributed by atoms with Gasteiger partial charge in [0.25, 0.3) is 0 Å². The molecule has 1 saturated heterocycles. The summed E-state index contributed by atoms with van der Waals surface area (Å²) in [5.41, 5.74) is 8.04. The van der Waals surface area contributed by atoms with Crippen molar-refractivity contribution in [1.29, 1.82) is 0 Å². The van der Waals surface area contributed by atoms with Gasteiger partial charge in [-0.05, 0) is 36.6 Å². The Kier molecular flexibility index (Phi) is 5.56. The van der Waals surface area contributed by atoms with E-state index >= 15 is 0 Å². The van der Waals surface area contributed by atoms with Crippen LogP contribution in [0.15, 0.2) is 30.5 Å². The summed E-state index contributed by atoms with van der Waals surface area (Å²) >= 11 is 12.3. The monoisotopic (exact) mass is 432 g/mol. The largest absolute Gasteiger partial charge is 0.504 e. The highest BCUT2D eigenvalue weighted by atomic mass is 35.5. The van der Waals surface area contributed by atoms with Crippen molar-refractivity contribution in [3.8, 4) is 5.75 Å². The molecule has 0 bridgehead atoms. The number of aromatic hydroxyl groups is 1. The third-order valence-electron chi connectivity index (χ3n) is 5.39. The van der Waals surface area contributed by atoms with Gasteiger partial charge in [0.05, 0.1) is 17.8 Å². The minimum atomic E-state index is -0.280. The number of benzene rings is 1. The first kappa shape index (κ1) is 19.9. The Hall–Kier alpha value is -2.44. The zero-order valence-electron chi connectivity index (χ0n) is 15.8. The lowest BCUT2D eigenvalue weighted by molar-refractivity contribution is -0.122. The number of piperidine rings is 1. The molecule has 0 radical (unpaired) electrons. The van der Waals surface area contributed by atoms with Gasteiger partial charge >= 0.3 is 0 Å². The number of carbonyl (C=O) groups is 1. The number of pyridine rings is 1. The summed E-state index contributed by atoms with van der Waals surface area (Å²) in [5, 5.41) is 11.7. The molecule has 1 unspecified atom stereocenters. The summed E-state index contributed by atoms with van der Waals surface area (Å²) in [6.45, 7) is 2.51. The van der Waals surface area contributed by atoms with Crippen LogP contribution in [0.25, 0.3) is 6.08 Å². The summed E-state index contributed by atoms with van der Waals surface area (Å²) < 4.78 is 0.